The Kier molecular flexibility index (Phi) is 3.21. The summed E-state index contributed by atoms with van der Waals surface area (Å²) < 4.78 is 0. The van der Waals surface area contributed by atoms with E-state index in [1.807, 2.05) is 18.7 Å². The lowest BCUT2D eigenvalue weighted by Crippen LogP contribution is -2.37. The van der Waals surface area contributed by atoms with Crippen molar-refractivity contribution in [1.82, 2.24) is 15.2 Å². The number of anilines is 1. The molecule has 17 heavy (non-hydrogen) atoms. The van der Waals surface area contributed by atoms with Gasteiger partial charge in [-0.15, -0.1) is 5.10 Å². The Morgan fingerprint density at radius 1 is 1.24 bits per heavy atom. The summed E-state index contributed by atoms with van der Waals surface area (Å²) >= 11 is 0. The Morgan fingerprint density at radius 3 is 2.41 bits per heavy atom. The second-order valence-corrected chi connectivity index (χ2v) is 4.38. The third kappa shape index (κ3) is 2.51. The average molecular weight is 236 g/mol. The van der Waals surface area contributed by atoms with E-state index < -0.39 is 5.97 Å². The van der Waals surface area contributed by atoms with Crippen LogP contribution >= 0.6 is 0 Å². The van der Waals surface area contributed by atoms with Gasteiger partial charge in [-0.3, -0.25) is 4.79 Å². The molecule has 1 N–H and O–H groups in total. The molecule has 0 amide bonds. The number of hydrogen-bond donors (Lipinski definition) is 1. The van der Waals surface area contributed by atoms with Crippen LogP contribution in [0, 0.1) is 19.8 Å². The second kappa shape index (κ2) is 4.65. The molecule has 1 aromatic rings. The van der Waals surface area contributed by atoms with Crippen LogP contribution in [0.3, 0.4) is 0 Å². The van der Waals surface area contributed by atoms with Crippen LogP contribution in [0.5, 0.6) is 0 Å². The van der Waals surface area contributed by atoms with Crippen molar-refractivity contribution in [2.45, 2.75) is 26.7 Å². The standard InChI is InChI=1S/C11H16N4O2/c1-7-8(2)13-14-11(12-7)15-5-3-9(4-6-15)10(16)17/h9H,3-6H2,1-2H3,(H,16,17). The minimum Gasteiger partial charge on any atom is -0.481 e. The van der Waals surface area contributed by atoms with E-state index >= 15 is 0 Å². The molecule has 0 aromatic carbocycles. The number of piperidine rings is 1. The summed E-state index contributed by atoms with van der Waals surface area (Å²) in [6.07, 6.45) is 1.29. The Labute approximate surface area is 99.7 Å². The topological polar surface area (TPSA) is 79.2 Å². The number of nitrogens with zero attached hydrogens (tertiary/aromatic N) is 4. The van der Waals surface area contributed by atoms with E-state index in [2.05, 4.69) is 15.2 Å². The van der Waals surface area contributed by atoms with E-state index in [0.29, 0.717) is 31.9 Å². The molecule has 0 aliphatic carbocycles. The number of carboxylic acid groups (broad SMARTS) is 1. The highest BCUT2D eigenvalue weighted by Gasteiger charge is 2.25. The average Bonchev–Trinajstić information content (AvgIpc) is 2.33. The maximum Gasteiger partial charge on any atom is 0.306 e. The number of aryl methyl sites for hydroxylation is 2. The zero-order valence-corrected chi connectivity index (χ0v) is 10.1. The summed E-state index contributed by atoms with van der Waals surface area (Å²) in [6.45, 7) is 5.13. The molecule has 2 rings (SSSR count). The first-order chi connectivity index (χ1) is 8.08. The van der Waals surface area contributed by atoms with Crippen LogP contribution < -0.4 is 4.90 Å². The predicted molar refractivity (Wildman–Crippen MR) is 61.9 cm³/mol. The van der Waals surface area contributed by atoms with Gasteiger partial charge >= 0.3 is 5.97 Å². The molecule has 0 atom stereocenters. The molecule has 1 aromatic heterocycles. The van der Waals surface area contributed by atoms with Gasteiger partial charge in [0, 0.05) is 13.1 Å². The number of carboxylic acids is 1. The molecule has 0 radical (unpaired) electrons. The molecule has 6 heteroatoms. The lowest BCUT2D eigenvalue weighted by molar-refractivity contribution is -0.142. The van der Waals surface area contributed by atoms with Crippen molar-refractivity contribution < 1.29 is 9.90 Å². The Hall–Kier alpha value is -1.72. The van der Waals surface area contributed by atoms with E-state index in [1.54, 1.807) is 0 Å². The van der Waals surface area contributed by atoms with Crippen LogP contribution in [-0.2, 0) is 4.79 Å². The molecule has 0 unspecified atom stereocenters. The van der Waals surface area contributed by atoms with Crippen molar-refractivity contribution in [2.75, 3.05) is 18.0 Å². The third-order valence-corrected chi connectivity index (χ3v) is 3.21. The quantitative estimate of drug-likeness (QED) is 0.817. The van der Waals surface area contributed by atoms with Gasteiger partial charge in [0.2, 0.25) is 5.95 Å². The minimum atomic E-state index is -0.705. The second-order valence-electron chi connectivity index (χ2n) is 4.38. The zero-order valence-electron chi connectivity index (χ0n) is 10.1. The molecule has 92 valence electrons. The van der Waals surface area contributed by atoms with Gasteiger partial charge in [0.05, 0.1) is 17.3 Å². The summed E-state index contributed by atoms with van der Waals surface area (Å²) in [4.78, 5) is 17.2. The Bertz CT molecular complexity index is 427. The smallest absolute Gasteiger partial charge is 0.306 e. The number of aliphatic carboxylic acids is 1. The molecule has 0 saturated carbocycles. The number of hydrogen-bond acceptors (Lipinski definition) is 5. The van der Waals surface area contributed by atoms with E-state index in [4.69, 9.17) is 5.11 Å². The molecular weight excluding hydrogens is 220 g/mol. The van der Waals surface area contributed by atoms with Gasteiger partial charge in [-0.2, -0.15) is 5.10 Å². The van der Waals surface area contributed by atoms with Gasteiger partial charge in [0.15, 0.2) is 0 Å². The monoisotopic (exact) mass is 236 g/mol. The lowest BCUT2D eigenvalue weighted by atomic mass is 9.97. The highest BCUT2D eigenvalue weighted by atomic mass is 16.4. The largest absolute Gasteiger partial charge is 0.481 e. The van der Waals surface area contributed by atoms with E-state index in [9.17, 15) is 4.79 Å². The molecular formula is C11H16N4O2. The zero-order chi connectivity index (χ0) is 12.4. The van der Waals surface area contributed by atoms with Crippen molar-refractivity contribution in [3.63, 3.8) is 0 Å². The first-order valence-electron chi connectivity index (χ1n) is 5.73. The fourth-order valence-electron chi connectivity index (χ4n) is 1.91. The number of carbonyl (C=O) groups is 1. The maximum absolute atomic E-state index is 10.8. The van der Waals surface area contributed by atoms with Crippen molar-refractivity contribution in [3.05, 3.63) is 11.4 Å². The fourth-order valence-corrected chi connectivity index (χ4v) is 1.91. The molecule has 1 aliphatic rings. The Balaban J connectivity index is 2.05. The highest BCUT2D eigenvalue weighted by molar-refractivity contribution is 5.70. The number of aromatic nitrogens is 3. The summed E-state index contributed by atoms with van der Waals surface area (Å²) in [5.74, 6) is -0.327. The summed E-state index contributed by atoms with van der Waals surface area (Å²) in [5.41, 5.74) is 1.70. The highest BCUT2D eigenvalue weighted by Crippen LogP contribution is 2.20. The van der Waals surface area contributed by atoms with Crippen molar-refractivity contribution in [3.8, 4) is 0 Å². The van der Waals surface area contributed by atoms with Crippen molar-refractivity contribution in [1.29, 1.82) is 0 Å². The van der Waals surface area contributed by atoms with Gasteiger partial charge < -0.3 is 10.0 Å². The minimum absolute atomic E-state index is 0.231. The van der Waals surface area contributed by atoms with E-state index in [0.717, 1.165) is 11.4 Å². The van der Waals surface area contributed by atoms with Crippen LogP contribution in [-0.4, -0.2) is 39.3 Å². The van der Waals surface area contributed by atoms with Crippen LogP contribution in [0.15, 0.2) is 0 Å². The van der Waals surface area contributed by atoms with Gasteiger partial charge in [0.25, 0.3) is 0 Å². The van der Waals surface area contributed by atoms with Crippen LogP contribution in [0.2, 0.25) is 0 Å². The van der Waals surface area contributed by atoms with Gasteiger partial charge in [-0.25, -0.2) is 4.98 Å². The van der Waals surface area contributed by atoms with E-state index in [1.165, 1.54) is 0 Å². The molecule has 6 nitrogen and oxygen atoms in total. The van der Waals surface area contributed by atoms with Crippen molar-refractivity contribution >= 4 is 11.9 Å². The maximum atomic E-state index is 10.8. The predicted octanol–water partition coefficient (Wildman–Crippen LogP) is 0.789. The summed E-state index contributed by atoms with van der Waals surface area (Å²) in [6, 6.07) is 0. The van der Waals surface area contributed by atoms with Gasteiger partial charge in [-0.1, -0.05) is 0 Å². The fraction of sp³-hybridized carbons (Fsp3) is 0.636. The van der Waals surface area contributed by atoms with E-state index in [-0.39, 0.29) is 5.92 Å². The molecule has 0 spiro atoms. The lowest BCUT2D eigenvalue weighted by Gasteiger charge is -2.29. The first-order valence-corrected chi connectivity index (χ1v) is 5.73. The summed E-state index contributed by atoms with van der Waals surface area (Å²) in [7, 11) is 0. The Morgan fingerprint density at radius 2 is 1.88 bits per heavy atom. The molecule has 0 bridgehead atoms. The summed E-state index contributed by atoms with van der Waals surface area (Å²) in [5, 5.41) is 17.0. The first kappa shape index (κ1) is 11.8. The molecule has 1 fully saturated rings. The van der Waals surface area contributed by atoms with Crippen LogP contribution in [0.4, 0.5) is 5.95 Å². The van der Waals surface area contributed by atoms with Crippen LogP contribution in [0.1, 0.15) is 24.2 Å². The molecule has 2 heterocycles. The van der Waals surface area contributed by atoms with Gasteiger partial charge in [-0.05, 0) is 26.7 Å². The molecule has 1 saturated heterocycles. The third-order valence-electron chi connectivity index (χ3n) is 3.21. The number of rotatable bonds is 2. The van der Waals surface area contributed by atoms with Crippen molar-refractivity contribution in [2.24, 2.45) is 5.92 Å². The normalized spacial score (nSPS) is 17.2. The van der Waals surface area contributed by atoms with Gasteiger partial charge in [0.1, 0.15) is 0 Å². The molecule has 1 aliphatic heterocycles. The van der Waals surface area contributed by atoms with Crippen LogP contribution in [0.25, 0.3) is 0 Å². The SMILES string of the molecule is Cc1nnc(N2CCC(C(=O)O)CC2)nc1C.